The molecule has 92 valence electrons. The second kappa shape index (κ2) is 8.50. The van der Waals surface area contributed by atoms with E-state index in [4.69, 9.17) is 0 Å². The second-order valence-electron chi connectivity index (χ2n) is 5.08. The maximum atomic E-state index is 2.43. The minimum Gasteiger partial charge on any atom is -0.159 e. The summed E-state index contributed by atoms with van der Waals surface area (Å²) in [5, 5.41) is 0.884. The van der Waals surface area contributed by atoms with Crippen molar-refractivity contribution >= 4 is 11.8 Å². The Morgan fingerprint density at radius 2 is 1.53 bits per heavy atom. The van der Waals surface area contributed by atoms with E-state index in [2.05, 4.69) is 53.3 Å². The van der Waals surface area contributed by atoms with Crippen LogP contribution in [0.1, 0.15) is 60.8 Å². The highest BCUT2D eigenvalue weighted by molar-refractivity contribution is 7.99. The lowest BCUT2D eigenvalue weighted by atomic mass is 9.84. The van der Waals surface area contributed by atoms with Crippen LogP contribution in [-0.4, -0.2) is 11.0 Å². The molecule has 0 saturated heterocycles. The van der Waals surface area contributed by atoms with E-state index in [1.54, 1.807) is 0 Å². The Balaban J connectivity index is 4.39. The molecule has 0 aromatic rings. The molecule has 0 amide bonds. The minimum absolute atomic E-state index is 0.840. The summed E-state index contributed by atoms with van der Waals surface area (Å²) in [5.41, 5.74) is 0. The van der Waals surface area contributed by atoms with Gasteiger partial charge >= 0.3 is 0 Å². The summed E-state index contributed by atoms with van der Waals surface area (Å²) >= 11 is 2.18. The highest BCUT2D eigenvalue weighted by Gasteiger charge is 2.24. The first-order chi connectivity index (χ1) is 7.06. The van der Waals surface area contributed by atoms with Crippen molar-refractivity contribution in [2.75, 3.05) is 5.75 Å². The fraction of sp³-hybridized carbons (Fsp3) is 1.00. The third-order valence-electron chi connectivity index (χ3n) is 3.41. The molecule has 0 saturated carbocycles. The lowest BCUT2D eigenvalue weighted by molar-refractivity contribution is 0.306. The molecule has 15 heavy (non-hydrogen) atoms. The molecule has 0 N–H and O–H groups in total. The topological polar surface area (TPSA) is 0 Å². The van der Waals surface area contributed by atoms with Gasteiger partial charge in [-0.25, -0.2) is 0 Å². The van der Waals surface area contributed by atoms with Crippen molar-refractivity contribution in [3.8, 4) is 0 Å². The van der Waals surface area contributed by atoms with Gasteiger partial charge in [-0.1, -0.05) is 54.4 Å². The van der Waals surface area contributed by atoms with Crippen molar-refractivity contribution in [2.45, 2.75) is 66.1 Å². The third kappa shape index (κ3) is 5.85. The van der Waals surface area contributed by atoms with Crippen molar-refractivity contribution in [2.24, 2.45) is 17.8 Å². The summed E-state index contributed by atoms with van der Waals surface area (Å²) in [6, 6.07) is 0. The molecular formula is C14H30S. The standard InChI is InChI=1S/C14H30S/c1-7-12(6)13(8-2)14(15-9-3)10-11(4)5/h11-14H,7-10H2,1-6H3. The fourth-order valence-corrected chi connectivity index (χ4v) is 4.04. The first kappa shape index (κ1) is 15.3. The van der Waals surface area contributed by atoms with E-state index in [0.717, 1.165) is 23.0 Å². The van der Waals surface area contributed by atoms with E-state index in [1.165, 1.54) is 25.0 Å². The number of rotatable bonds is 8. The van der Waals surface area contributed by atoms with E-state index < -0.39 is 0 Å². The molecule has 0 rings (SSSR count). The normalized spacial score (nSPS) is 17.8. The van der Waals surface area contributed by atoms with E-state index in [0.29, 0.717) is 0 Å². The average molecular weight is 230 g/mol. The Morgan fingerprint density at radius 3 is 1.87 bits per heavy atom. The predicted octanol–water partition coefficient (Wildman–Crippen LogP) is 5.23. The van der Waals surface area contributed by atoms with Crippen molar-refractivity contribution in [3.63, 3.8) is 0 Å². The van der Waals surface area contributed by atoms with Crippen LogP contribution in [0.15, 0.2) is 0 Å². The number of hydrogen-bond donors (Lipinski definition) is 0. The summed E-state index contributed by atoms with van der Waals surface area (Å²) in [7, 11) is 0. The predicted molar refractivity (Wildman–Crippen MR) is 74.6 cm³/mol. The Morgan fingerprint density at radius 1 is 0.933 bits per heavy atom. The number of thioether (sulfide) groups is 1. The summed E-state index contributed by atoms with van der Waals surface area (Å²) in [6.07, 6.45) is 4.07. The van der Waals surface area contributed by atoms with Gasteiger partial charge in [-0.2, -0.15) is 11.8 Å². The van der Waals surface area contributed by atoms with Crippen molar-refractivity contribution in [1.29, 1.82) is 0 Å². The molecule has 0 aromatic heterocycles. The van der Waals surface area contributed by atoms with Crippen LogP contribution in [0.2, 0.25) is 0 Å². The van der Waals surface area contributed by atoms with Gasteiger partial charge in [-0.05, 0) is 29.9 Å². The first-order valence-electron chi connectivity index (χ1n) is 6.68. The van der Waals surface area contributed by atoms with Crippen LogP contribution in [0.5, 0.6) is 0 Å². The van der Waals surface area contributed by atoms with Gasteiger partial charge in [0.05, 0.1) is 0 Å². The van der Waals surface area contributed by atoms with Gasteiger partial charge in [0.2, 0.25) is 0 Å². The maximum absolute atomic E-state index is 2.43. The molecule has 0 heterocycles. The molecule has 0 spiro atoms. The fourth-order valence-electron chi connectivity index (χ4n) is 2.38. The lowest BCUT2D eigenvalue weighted by Crippen LogP contribution is -2.25. The van der Waals surface area contributed by atoms with Crippen LogP contribution in [-0.2, 0) is 0 Å². The Kier molecular flexibility index (Phi) is 8.69. The van der Waals surface area contributed by atoms with Gasteiger partial charge in [0.25, 0.3) is 0 Å². The molecule has 0 aliphatic rings. The molecule has 3 unspecified atom stereocenters. The molecule has 0 bridgehead atoms. The highest BCUT2D eigenvalue weighted by atomic mass is 32.2. The molecule has 0 nitrogen and oxygen atoms in total. The Labute approximate surface area is 102 Å². The van der Waals surface area contributed by atoms with Crippen molar-refractivity contribution < 1.29 is 0 Å². The SMILES string of the molecule is CCSC(CC(C)C)C(CC)C(C)CC. The van der Waals surface area contributed by atoms with Crippen molar-refractivity contribution in [1.82, 2.24) is 0 Å². The van der Waals surface area contributed by atoms with Gasteiger partial charge in [-0.3, -0.25) is 0 Å². The molecule has 0 aliphatic heterocycles. The molecular weight excluding hydrogens is 200 g/mol. The second-order valence-corrected chi connectivity index (χ2v) is 6.60. The molecule has 0 aliphatic carbocycles. The summed E-state index contributed by atoms with van der Waals surface area (Å²) in [4.78, 5) is 0. The quantitative estimate of drug-likeness (QED) is 0.550. The van der Waals surface area contributed by atoms with Gasteiger partial charge in [0, 0.05) is 5.25 Å². The zero-order chi connectivity index (χ0) is 11.8. The van der Waals surface area contributed by atoms with Crippen LogP contribution in [0, 0.1) is 17.8 Å². The summed E-state index contributed by atoms with van der Waals surface area (Å²) in [5.74, 6) is 3.91. The van der Waals surface area contributed by atoms with E-state index in [1.807, 2.05) is 0 Å². The summed E-state index contributed by atoms with van der Waals surface area (Å²) < 4.78 is 0. The molecule has 0 aromatic carbocycles. The molecule has 1 heteroatoms. The van der Waals surface area contributed by atoms with Crippen LogP contribution in [0.3, 0.4) is 0 Å². The Bertz CT molecular complexity index is 142. The zero-order valence-corrected chi connectivity index (χ0v) is 12.4. The minimum atomic E-state index is 0.840. The Hall–Kier alpha value is 0.350. The van der Waals surface area contributed by atoms with E-state index in [9.17, 15) is 0 Å². The van der Waals surface area contributed by atoms with Crippen LogP contribution in [0.25, 0.3) is 0 Å². The number of hydrogen-bond acceptors (Lipinski definition) is 1. The average Bonchev–Trinajstić information content (AvgIpc) is 2.18. The third-order valence-corrected chi connectivity index (χ3v) is 4.71. The molecule has 0 fully saturated rings. The summed E-state index contributed by atoms with van der Waals surface area (Å²) in [6.45, 7) is 14.1. The van der Waals surface area contributed by atoms with Crippen LogP contribution in [0.4, 0.5) is 0 Å². The largest absolute Gasteiger partial charge is 0.159 e. The zero-order valence-electron chi connectivity index (χ0n) is 11.5. The van der Waals surface area contributed by atoms with Crippen LogP contribution >= 0.6 is 11.8 Å². The monoisotopic (exact) mass is 230 g/mol. The highest BCUT2D eigenvalue weighted by Crippen LogP contribution is 2.34. The molecule has 3 atom stereocenters. The van der Waals surface area contributed by atoms with Crippen molar-refractivity contribution in [3.05, 3.63) is 0 Å². The maximum Gasteiger partial charge on any atom is 0.00800 e. The van der Waals surface area contributed by atoms with Gasteiger partial charge in [-0.15, -0.1) is 0 Å². The van der Waals surface area contributed by atoms with Gasteiger partial charge in [0.15, 0.2) is 0 Å². The van der Waals surface area contributed by atoms with E-state index >= 15 is 0 Å². The van der Waals surface area contributed by atoms with Gasteiger partial charge in [0.1, 0.15) is 0 Å². The van der Waals surface area contributed by atoms with Crippen LogP contribution < -0.4 is 0 Å². The lowest BCUT2D eigenvalue weighted by Gasteiger charge is -2.31. The first-order valence-corrected chi connectivity index (χ1v) is 7.73. The molecule has 0 radical (unpaired) electrons. The van der Waals surface area contributed by atoms with E-state index in [-0.39, 0.29) is 0 Å². The smallest absolute Gasteiger partial charge is 0.00800 e. The van der Waals surface area contributed by atoms with Gasteiger partial charge < -0.3 is 0 Å².